The monoisotopic (exact) mass is 368 g/mol. The normalized spacial score (nSPS) is 19.8. The number of nitrogens with one attached hydrogen (secondary N) is 1. The van der Waals surface area contributed by atoms with Crippen molar-refractivity contribution in [3.8, 4) is 0 Å². The van der Waals surface area contributed by atoms with Crippen molar-refractivity contribution < 1.29 is 13.6 Å². The molecular weight excluding hydrogens is 357 g/mol. The number of nitrogens with zero attached hydrogens (tertiary/aromatic N) is 1. The number of fused-ring (bicyclic) bond motifs is 1. The van der Waals surface area contributed by atoms with Gasteiger partial charge in [-0.2, -0.15) is 0 Å². The highest BCUT2D eigenvalue weighted by Crippen LogP contribution is 2.36. The first-order valence-corrected chi connectivity index (χ1v) is 7.92. The second-order valence-electron chi connectivity index (χ2n) is 5.41. The number of hydrogen-bond donors (Lipinski definition) is 1. The number of hydrogen-bond acceptors (Lipinski definition) is 3. The minimum absolute atomic E-state index is 0.0254. The molecule has 0 fully saturated rings. The Bertz CT molecular complexity index is 834. The molecule has 1 unspecified atom stereocenters. The molecule has 2 aromatic rings. The zero-order valence-electron chi connectivity index (χ0n) is 12.5. The predicted molar refractivity (Wildman–Crippen MR) is 91.4 cm³/mol. The number of aliphatic imine (C=N–C) groups is 1. The number of rotatable bonds is 2. The number of carbonyl (C=O) groups excluding carboxylic acids is 1. The fourth-order valence-corrected chi connectivity index (χ4v) is 3.02. The highest BCUT2D eigenvalue weighted by Gasteiger charge is 2.29. The second kappa shape index (κ2) is 6.49. The molecule has 2 atom stereocenters. The van der Waals surface area contributed by atoms with Crippen molar-refractivity contribution in [2.75, 3.05) is 5.32 Å². The van der Waals surface area contributed by atoms with E-state index < -0.39 is 23.7 Å². The van der Waals surface area contributed by atoms with Crippen LogP contribution in [-0.2, 0) is 4.79 Å². The topological polar surface area (TPSA) is 41.5 Å². The van der Waals surface area contributed by atoms with Crippen LogP contribution in [0.15, 0.2) is 35.3 Å². The second-order valence-corrected chi connectivity index (χ2v) is 6.19. The van der Waals surface area contributed by atoms with E-state index in [1.165, 1.54) is 6.07 Å². The van der Waals surface area contributed by atoms with Crippen molar-refractivity contribution in [3.05, 3.63) is 63.1 Å². The minimum Gasteiger partial charge on any atom is -0.373 e. The minimum atomic E-state index is -0.771. The maximum Gasteiger partial charge on any atom is 0.144 e. The third-order valence-corrected chi connectivity index (χ3v) is 4.66. The van der Waals surface area contributed by atoms with Gasteiger partial charge < -0.3 is 10.1 Å². The Morgan fingerprint density at radius 2 is 1.79 bits per heavy atom. The number of halogens is 4. The van der Waals surface area contributed by atoms with Crippen molar-refractivity contribution in [3.63, 3.8) is 0 Å². The fraction of sp³-hybridized carbons (Fsp3) is 0.176. The molecule has 0 aromatic heterocycles. The summed E-state index contributed by atoms with van der Waals surface area (Å²) in [6, 6.07) is 5.47. The Hall–Kier alpha value is -1.98. The summed E-state index contributed by atoms with van der Waals surface area (Å²) in [5.41, 5.74) is 0.428. The molecule has 3 nitrogen and oxygen atoms in total. The average molecular weight is 369 g/mol. The summed E-state index contributed by atoms with van der Waals surface area (Å²) in [4.78, 5) is 15.7. The van der Waals surface area contributed by atoms with Gasteiger partial charge in [0.25, 0.3) is 0 Å². The lowest BCUT2D eigenvalue weighted by Gasteiger charge is -2.16. The molecule has 1 aliphatic heterocycles. The molecule has 124 valence electrons. The first-order chi connectivity index (χ1) is 11.4. The molecule has 0 spiro atoms. The van der Waals surface area contributed by atoms with E-state index in [4.69, 9.17) is 23.2 Å². The van der Waals surface area contributed by atoms with Crippen LogP contribution in [0.1, 0.15) is 18.1 Å². The molecule has 0 saturated carbocycles. The summed E-state index contributed by atoms with van der Waals surface area (Å²) in [6.07, 6.45) is 0.696. The van der Waals surface area contributed by atoms with Crippen molar-refractivity contribution in [1.29, 1.82) is 0 Å². The molecule has 7 heteroatoms. The molecule has 0 amide bonds. The SMILES string of the molecule is C[C@@H]1N=C(c2c(F)cccc2F)c2c(ccc(Cl)c2Cl)NC1C=O. The van der Waals surface area contributed by atoms with Gasteiger partial charge in [0.2, 0.25) is 0 Å². The Balaban J connectivity index is 2.36. The Labute approximate surface area is 147 Å². The zero-order chi connectivity index (χ0) is 17.4. The Morgan fingerprint density at radius 3 is 2.42 bits per heavy atom. The first kappa shape index (κ1) is 16.9. The quantitative estimate of drug-likeness (QED) is 0.793. The molecule has 2 aromatic carbocycles. The molecule has 0 aliphatic carbocycles. The number of benzene rings is 2. The third-order valence-electron chi connectivity index (χ3n) is 3.85. The Kier molecular flexibility index (Phi) is 4.56. The molecule has 1 N–H and O–H groups in total. The van der Waals surface area contributed by atoms with E-state index in [-0.39, 0.29) is 26.9 Å². The van der Waals surface area contributed by atoms with Crippen LogP contribution in [0.3, 0.4) is 0 Å². The van der Waals surface area contributed by atoms with Crippen LogP contribution in [-0.4, -0.2) is 24.1 Å². The van der Waals surface area contributed by atoms with Gasteiger partial charge in [-0.3, -0.25) is 4.99 Å². The summed E-state index contributed by atoms with van der Waals surface area (Å²) in [6.45, 7) is 1.67. The molecular formula is C17H12Cl2F2N2O. The smallest absolute Gasteiger partial charge is 0.144 e. The van der Waals surface area contributed by atoms with E-state index in [2.05, 4.69) is 10.3 Å². The van der Waals surface area contributed by atoms with Gasteiger partial charge in [0.1, 0.15) is 24.0 Å². The van der Waals surface area contributed by atoms with E-state index in [0.29, 0.717) is 12.0 Å². The molecule has 24 heavy (non-hydrogen) atoms. The summed E-state index contributed by atoms with van der Waals surface area (Å²) < 4.78 is 28.6. The third kappa shape index (κ3) is 2.78. The lowest BCUT2D eigenvalue weighted by atomic mass is 9.99. The zero-order valence-corrected chi connectivity index (χ0v) is 14.0. The first-order valence-electron chi connectivity index (χ1n) is 7.16. The van der Waals surface area contributed by atoms with E-state index in [0.717, 1.165) is 12.1 Å². The van der Waals surface area contributed by atoms with Gasteiger partial charge in [0, 0.05) is 11.3 Å². The summed E-state index contributed by atoms with van der Waals surface area (Å²) in [5.74, 6) is -1.54. The largest absolute Gasteiger partial charge is 0.373 e. The molecule has 1 heterocycles. The lowest BCUT2D eigenvalue weighted by Crippen LogP contribution is -2.31. The van der Waals surface area contributed by atoms with Crippen LogP contribution < -0.4 is 5.32 Å². The van der Waals surface area contributed by atoms with Gasteiger partial charge in [-0.05, 0) is 31.2 Å². The standard InChI is InChI=1S/C17H12Cl2F2N2O/c1-8-13(7-24)23-12-6-5-9(18)16(19)15(12)17(22-8)14-10(20)3-2-4-11(14)21/h2-8,13,23H,1H3/t8-,13?/m0/s1. The van der Waals surface area contributed by atoms with Crippen molar-refractivity contribution >= 4 is 40.9 Å². The average Bonchev–Trinajstić information content (AvgIpc) is 2.68. The van der Waals surface area contributed by atoms with E-state index >= 15 is 0 Å². The van der Waals surface area contributed by atoms with Gasteiger partial charge in [0.05, 0.1) is 27.4 Å². The van der Waals surface area contributed by atoms with Gasteiger partial charge in [-0.1, -0.05) is 29.3 Å². The van der Waals surface area contributed by atoms with Gasteiger partial charge in [-0.25, -0.2) is 8.78 Å². The van der Waals surface area contributed by atoms with Crippen molar-refractivity contribution in [1.82, 2.24) is 0 Å². The van der Waals surface area contributed by atoms with Crippen LogP contribution in [0.2, 0.25) is 10.0 Å². The number of aldehydes is 1. The van der Waals surface area contributed by atoms with Crippen molar-refractivity contribution in [2.45, 2.75) is 19.0 Å². The maximum atomic E-state index is 14.3. The summed E-state index contributed by atoms with van der Waals surface area (Å²) >= 11 is 12.4. The molecule has 0 bridgehead atoms. The number of carbonyl (C=O) groups is 1. The van der Waals surface area contributed by atoms with E-state index in [1.807, 2.05) is 0 Å². The van der Waals surface area contributed by atoms with Crippen molar-refractivity contribution in [2.24, 2.45) is 4.99 Å². The Morgan fingerprint density at radius 1 is 1.12 bits per heavy atom. The van der Waals surface area contributed by atoms with Crippen LogP contribution in [0.25, 0.3) is 0 Å². The van der Waals surface area contributed by atoms with Crippen LogP contribution >= 0.6 is 23.2 Å². The van der Waals surface area contributed by atoms with E-state index in [9.17, 15) is 13.6 Å². The van der Waals surface area contributed by atoms with Gasteiger partial charge in [0.15, 0.2) is 0 Å². The number of anilines is 1. The number of benzodiazepines with no additional fused rings is 1. The van der Waals surface area contributed by atoms with Crippen LogP contribution in [0.4, 0.5) is 14.5 Å². The molecule has 0 radical (unpaired) electrons. The van der Waals surface area contributed by atoms with Crippen LogP contribution in [0, 0.1) is 11.6 Å². The summed E-state index contributed by atoms with van der Waals surface area (Å²) in [5, 5.41) is 3.33. The van der Waals surface area contributed by atoms with Crippen LogP contribution in [0.5, 0.6) is 0 Å². The van der Waals surface area contributed by atoms with E-state index in [1.54, 1.807) is 19.1 Å². The fourth-order valence-electron chi connectivity index (χ4n) is 2.61. The highest BCUT2D eigenvalue weighted by molar-refractivity contribution is 6.45. The predicted octanol–water partition coefficient (Wildman–Crippen LogP) is 4.49. The molecule has 0 saturated heterocycles. The van der Waals surface area contributed by atoms with Gasteiger partial charge >= 0.3 is 0 Å². The van der Waals surface area contributed by atoms with Gasteiger partial charge in [-0.15, -0.1) is 0 Å². The summed E-state index contributed by atoms with van der Waals surface area (Å²) in [7, 11) is 0. The lowest BCUT2D eigenvalue weighted by molar-refractivity contribution is -0.108. The molecule has 1 aliphatic rings. The maximum absolute atomic E-state index is 14.3. The molecule has 3 rings (SSSR count). The highest BCUT2D eigenvalue weighted by atomic mass is 35.5.